The van der Waals surface area contributed by atoms with Gasteiger partial charge in [-0.3, -0.25) is 4.79 Å². The van der Waals surface area contributed by atoms with Gasteiger partial charge >= 0.3 is 0 Å². The maximum Gasteiger partial charge on any atom is 0.240 e. The summed E-state index contributed by atoms with van der Waals surface area (Å²) in [7, 11) is -3.80. The summed E-state index contributed by atoms with van der Waals surface area (Å²) in [5, 5.41) is 7.88. The molecule has 10 nitrogen and oxygen atoms in total. The van der Waals surface area contributed by atoms with E-state index in [-0.39, 0.29) is 29.6 Å². The number of nitrogens with zero attached hydrogens (tertiary/aromatic N) is 2. The number of hydrogen-bond acceptors (Lipinski definition) is 9. The highest BCUT2D eigenvalue weighted by Gasteiger charge is 2.49. The highest BCUT2D eigenvalue weighted by atomic mass is 32.2. The molecule has 2 saturated heterocycles. The number of aromatic nitrogens is 2. The highest BCUT2D eigenvalue weighted by molar-refractivity contribution is 7.89. The van der Waals surface area contributed by atoms with E-state index in [0.717, 1.165) is 10.6 Å². The van der Waals surface area contributed by atoms with Crippen LogP contribution in [0.4, 0.5) is 11.6 Å². The van der Waals surface area contributed by atoms with Crippen LogP contribution in [0.5, 0.6) is 0 Å². The second-order valence-electron chi connectivity index (χ2n) is 8.02. The summed E-state index contributed by atoms with van der Waals surface area (Å²) in [6.45, 7) is 1.91. The number of sulfonamides is 1. The van der Waals surface area contributed by atoms with Crippen molar-refractivity contribution in [1.29, 1.82) is 0 Å². The fraction of sp³-hybridized carbons (Fsp3) is 0.318. The van der Waals surface area contributed by atoms with Gasteiger partial charge in [0.05, 0.1) is 40.8 Å². The number of benzene rings is 1. The lowest BCUT2D eigenvalue weighted by molar-refractivity contribution is -0.114. The molecule has 4 atom stereocenters. The molecule has 4 heterocycles. The van der Waals surface area contributed by atoms with Gasteiger partial charge in [0.1, 0.15) is 12.2 Å². The third kappa shape index (κ3) is 4.81. The predicted molar refractivity (Wildman–Crippen MR) is 127 cm³/mol. The van der Waals surface area contributed by atoms with Gasteiger partial charge in [-0.05, 0) is 41.8 Å². The Hall–Kier alpha value is -2.90. The molecule has 2 aromatic heterocycles. The number of carbonyl (C=O) groups is 1. The second-order valence-corrected chi connectivity index (χ2v) is 10.7. The van der Waals surface area contributed by atoms with Gasteiger partial charge in [0.25, 0.3) is 0 Å². The van der Waals surface area contributed by atoms with Crippen LogP contribution in [0.25, 0.3) is 10.6 Å². The van der Waals surface area contributed by atoms with Crippen molar-refractivity contribution in [2.24, 2.45) is 0 Å². The quantitative estimate of drug-likeness (QED) is 0.449. The maximum atomic E-state index is 12.9. The standard InChI is InChI=1S/C22H23N5O5S2/c1-13(28)24-14-4-6-15(7-5-14)34(29,30)27-18-12-32-20-17(11-31-21(18)20)26-22-23-9-8-16(25-22)19-3-2-10-33-19/h2-10,17-18,20-21,27H,11-12H2,1H3,(H,24,28)(H,23,25,26)/t17-,18-,20+,21+/m0/s1. The average molecular weight is 502 g/mol. The van der Waals surface area contributed by atoms with Crippen molar-refractivity contribution >= 4 is 38.9 Å². The lowest BCUT2D eigenvalue weighted by Gasteiger charge is -2.18. The predicted octanol–water partition coefficient (Wildman–Crippen LogP) is 2.09. The third-order valence-corrected chi connectivity index (χ3v) is 7.99. The number of hydrogen-bond donors (Lipinski definition) is 3. The number of ether oxygens (including phenoxy) is 2. The minimum absolute atomic E-state index is 0.0940. The second kappa shape index (κ2) is 9.39. The van der Waals surface area contributed by atoms with Crippen LogP contribution in [0.15, 0.2) is 58.9 Å². The average Bonchev–Trinajstić information content (AvgIpc) is 3.55. The van der Waals surface area contributed by atoms with Gasteiger partial charge in [-0.15, -0.1) is 11.3 Å². The van der Waals surface area contributed by atoms with Gasteiger partial charge in [0, 0.05) is 18.8 Å². The van der Waals surface area contributed by atoms with Crippen LogP contribution in [0.3, 0.4) is 0 Å². The number of rotatable bonds is 7. The van der Waals surface area contributed by atoms with Crippen LogP contribution in [0.1, 0.15) is 6.92 Å². The van der Waals surface area contributed by atoms with E-state index in [9.17, 15) is 13.2 Å². The third-order valence-electron chi connectivity index (χ3n) is 5.59. The Morgan fingerprint density at radius 2 is 1.79 bits per heavy atom. The van der Waals surface area contributed by atoms with Crippen LogP contribution >= 0.6 is 11.3 Å². The Morgan fingerprint density at radius 1 is 1.06 bits per heavy atom. The highest BCUT2D eigenvalue weighted by Crippen LogP contribution is 2.30. The number of anilines is 2. The number of nitrogens with one attached hydrogen (secondary N) is 3. The fourth-order valence-corrected chi connectivity index (χ4v) is 5.99. The number of thiophene rings is 1. The first-order chi connectivity index (χ1) is 16.4. The van der Waals surface area contributed by atoms with E-state index < -0.39 is 22.2 Å². The zero-order chi connectivity index (χ0) is 23.7. The molecule has 34 heavy (non-hydrogen) atoms. The summed E-state index contributed by atoms with van der Waals surface area (Å²) in [5.74, 6) is 0.236. The first kappa shape index (κ1) is 22.9. The van der Waals surface area contributed by atoms with E-state index in [1.54, 1.807) is 29.7 Å². The van der Waals surface area contributed by atoms with Crippen LogP contribution < -0.4 is 15.4 Å². The van der Waals surface area contributed by atoms with Crippen molar-refractivity contribution in [3.63, 3.8) is 0 Å². The Bertz CT molecular complexity index is 1270. The summed E-state index contributed by atoms with van der Waals surface area (Å²) in [6, 6.07) is 11.0. The van der Waals surface area contributed by atoms with Gasteiger partial charge in [0.15, 0.2) is 0 Å². The van der Waals surface area contributed by atoms with Crippen molar-refractivity contribution in [2.45, 2.75) is 36.1 Å². The van der Waals surface area contributed by atoms with Crippen LogP contribution in [0, 0.1) is 0 Å². The molecule has 3 N–H and O–H groups in total. The summed E-state index contributed by atoms with van der Waals surface area (Å²) >= 11 is 1.60. The van der Waals surface area contributed by atoms with Crippen molar-refractivity contribution in [3.05, 3.63) is 54.0 Å². The fourth-order valence-electron chi connectivity index (χ4n) is 4.07. The van der Waals surface area contributed by atoms with Crippen LogP contribution in [-0.4, -0.2) is 61.8 Å². The molecule has 3 aromatic rings. The van der Waals surface area contributed by atoms with Gasteiger partial charge in [-0.1, -0.05) is 6.07 Å². The molecule has 0 saturated carbocycles. The molecule has 2 aliphatic heterocycles. The minimum atomic E-state index is -3.80. The molecule has 1 amide bonds. The molecule has 178 valence electrons. The van der Waals surface area contributed by atoms with Crippen molar-refractivity contribution < 1.29 is 22.7 Å². The molecule has 5 rings (SSSR count). The Labute approximate surface area is 200 Å². The molecule has 0 unspecified atom stereocenters. The molecule has 1 aromatic carbocycles. The van der Waals surface area contributed by atoms with Crippen molar-refractivity contribution in [3.8, 4) is 10.6 Å². The maximum absolute atomic E-state index is 12.9. The molecule has 0 aliphatic carbocycles. The zero-order valence-corrected chi connectivity index (χ0v) is 19.8. The van der Waals surface area contributed by atoms with E-state index in [0.29, 0.717) is 18.2 Å². The monoisotopic (exact) mass is 501 g/mol. The smallest absolute Gasteiger partial charge is 0.240 e. The summed E-state index contributed by atoms with van der Waals surface area (Å²) in [6.07, 6.45) is 0.914. The van der Waals surface area contributed by atoms with Gasteiger partial charge in [-0.2, -0.15) is 0 Å². The van der Waals surface area contributed by atoms with Gasteiger partial charge in [-0.25, -0.2) is 23.1 Å². The SMILES string of the molecule is CC(=O)Nc1ccc(S(=O)(=O)N[C@H]2CO[C@H]3[C@@H]2OC[C@@H]3Nc2nccc(-c3cccs3)n2)cc1. The minimum Gasteiger partial charge on any atom is -0.371 e. The van der Waals surface area contributed by atoms with Crippen LogP contribution in [0.2, 0.25) is 0 Å². The zero-order valence-electron chi connectivity index (χ0n) is 18.2. The molecule has 2 aliphatic rings. The Morgan fingerprint density at radius 3 is 2.50 bits per heavy atom. The molecular formula is C22H23N5O5S2. The molecule has 12 heteroatoms. The number of amides is 1. The van der Waals surface area contributed by atoms with Crippen LogP contribution in [-0.2, 0) is 24.3 Å². The summed E-state index contributed by atoms with van der Waals surface area (Å²) < 4.78 is 40.3. The molecule has 2 fully saturated rings. The van der Waals surface area contributed by atoms with Crippen molar-refractivity contribution in [1.82, 2.24) is 14.7 Å². The largest absolute Gasteiger partial charge is 0.371 e. The first-order valence-electron chi connectivity index (χ1n) is 10.7. The normalized spacial score (nSPS) is 24.0. The van der Waals surface area contributed by atoms with E-state index in [1.807, 2.05) is 23.6 Å². The lowest BCUT2D eigenvalue weighted by atomic mass is 10.1. The first-order valence-corrected chi connectivity index (χ1v) is 13.0. The van der Waals surface area contributed by atoms with E-state index in [2.05, 4.69) is 25.3 Å². The molecular weight excluding hydrogens is 478 g/mol. The summed E-state index contributed by atoms with van der Waals surface area (Å²) in [4.78, 5) is 21.2. The Balaban J connectivity index is 1.23. The van der Waals surface area contributed by atoms with E-state index >= 15 is 0 Å². The molecule has 0 spiro atoms. The summed E-state index contributed by atoms with van der Waals surface area (Å²) in [5.41, 5.74) is 1.35. The lowest BCUT2D eigenvalue weighted by Crippen LogP contribution is -2.44. The molecule has 0 bridgehead atoms. The number of carbonyl (C=O) groups excluding carboxylic acids is 1. The van der Waals surface area contributed by atoms with Crippen molar-refractivity contribution in [2.75, 3.05) is 23.8 Å². The number of fused-ring (bicyclic) bond motifs is 1. The van der Waals surface area contributed by atoms with Gasteiger partial charge < -0.3 is 20.1 Å². The van der Waals surface area contributed by atoms with Gasteiger partial charge in [0.2, 0.25) is 21.9 Å². The topological polar surface area (TPSA) is 132 Å². The van der Waals surface area contributed by atoms with E-state index in [1.165, 1.54) is 19.1 Å². The Kier molecular flexibility index (Phi) is 6.32. The van der Waals surface area contributed by atoms with E-state index in [4.69, 9.17) is 9.47 Å². The molecule has 0 radical (unpaired) electrons.